The molecule has 1 aromatic rings. The molecule has 4 nitrogen and oxygen atoms in total. The van der Waals surface area contributed by atoms with E-state index in [1.165, 1.54) is 17.0 Å². The zero-order valence-corrected chi connectivity index (χ0v) is 5.65. The van der Waals surface area contributed by atoms with Crippen LogP contribution in [0.5, 0.6) is 6.01 Å². The minimum atomic E-state index is 0.345. The molecule has 0 amide bonds. The molecule has 0 atom stereocenters. The topological polar surface area (TPSA) is 44.1 Å². The molecular weight excluding hydrogens is 132 g/mol. The van der Waals surface area contributed by atoms with Gasteiger partial charge in [-0.25, -0.2) is 9.55 Å². The van der Waals surface area contributed by atoms with Crippen molar-refractivity contribution in [1.82, 2.24) is 9.55 Å². The summed E-state index contributed by atoms with van der Waals surface area (Å²) in [7, 11) is 0. The van der Waals surface area contributed by atoms with Crippen molar-refractivity contribution in [3.63, 3.8) is 0 Å². The fourth-order valence-electron chi connectivity index (χ4n) is 0.620. The highest BCUT2D eigenvalue weighted by molar-refractivity contribution is 5.53. The normalized spacial score (nSPS) is 9.30. The predicted molar refractivity (Wildman–Crippen MR) is 35.5 cm³/mol. The Bertz CT molecular complexity index is 219. The van der Waals surface area contributed by atoms with Gasteiger partial charge in [0.2, 0.25) is 6.41 Å². The standard InChI is InChI=1S/C6H8N2O2/c1-2-10-6-7-3-4-8(6)5-9/h3-5H,2H2,1H3. The van der Waals surface area contributed by atoms with Crippen molar-refractivity contribution in [3.8, 4) is 6.01 Å². The van der Waals surface area contributed by atoms with Crippen LogP contribution in [0.15, 0.2) is 12.4 Å². The molecule has 0 N–H and O–H groups in total. The molecule has 0 bridgehead atoms. The summed E-state index contributed by atoms with van der Waals surface area (Å²) in [5.74, 6) is 0. The van der Waals surface area contributed by atoms with E-state index in [1.54, 1.807) is 0 Å². The summed E-state index contributed by atoms with van der Waals surface area (Å²) in [5.41, 5.74) is 0. The molecule has 54 valence electrons. The average Bonchev–Trinajstić information content (AvgIpc) is 2.36. The van der Waals surface area contributed by atoms with Gasteiger partial charge in [0.25, 0.3) is 0 Å². The van der Waals surface area contributed by atoms with E-state index in [-0.39, 0.29) is 0 Å². The van der Waals surface area contributed by atoms with Gasteiger partial charge in [-0.3, -0.25) is 4.79 Å². The summed E-state index contributed by atoms with van der Waals surface area (Å²) >= 11 is 0. The summed E-state index contributed by atoms with van der Waals surface area (Å²) in [5, 5.41) is 0. The smallest absolute Gasteiger partial charge is 0.303 e. The number of imidazole rings is 1. The van der Waals surface area contributed by atoms with Crippen molar-refractivity contribution >= 4 is 6.41 Å². The first kappa shape index (κ1) is 6.80. The van der Waals surface area contributed by atoms with Crippen LogP contribution >= 0.6 is 0 Å². The Labute approximate surface area is 58.4 Å². The van der Waals surface area contributed by atoms with E-state index >= 15 is 0 Å². The van der Waals surface area contributed by atoms with Gasteiger partial charge in [0, 0.05) is 12.4 Å². The lowest BCUT2D eigenvalue weighted by atomic mass is 10.8. The molecule has 0 aliphatic rings. The first-order valence-electron chi connectivity index (χ1n) is 2.99. The Morgan fingerprint density at radius 1 is 1.90 bits per heavy atom. The molecule has 0 radical (unpaired) electrons. The highest BCUT2D eigenvalue weighted by atomic mass is 16.5. The van der Waals surface area contributed by atoms with Crippen LogP contribution in [0.25, 0.3) is 0 Å². The predicted octanol–water partition coefficient (Wildman–Crippen LogP) is 0.320. The van der Waals surface area contributed by atoms with Crippen LogP contribution in [-0.4, -0.2) is 22.6 Å². The van der Waals surface area contributed by atoms with Gasteiger partial charge in [0.15, 0.2) is 0 Å². The van der Waals surface area contributed by atoms with Crippen LogP contribution in [0, 0.1) is 0 Å². The monoisotopic (exact) mass is 140 g/mol. The van der Waals surface area contributed by atoms with Crippen molar-refractivity contribution in [1.29, 1.82) is 0 Å². The van der Waals surface area contributed by atoms with Crippen LogP contribution < -0.4 is 4.74 Å². The third kappa shape index (κ3) is 1.15. The molecule has 0 fully saturated rings. The number of aromatic nitrogens is 2. The van der Waals surface area contributed by atoms with Crippen LogP contribution in [0.4, 0.5) is 0 Å². The Hall–Kier alpha value is -1.32. The van der Waals surface area contributed by atoms with Gasteiger partial charge >= 0.3 is 6.01 Å². The molecule has 0 saturated carbocycles. The summed E-state index contributed by atoms with van der Waals surface area (Å²) in [6.45, 7) is 2.36. The quantitative estimate of drug-likeness (QED) is 0.568. The second-order valence-electron chi connectivity index (χ2n) is 1.66. The number of hydrogen-bond donors (Lipinski definition) is 0. The Morgan fingerprint density at radius 3 is 3.30 bits per heavy atom. The van der Waals surface area contributed by atoms with Crippen molar-refractivity contribution < 1.29 is 9.53 Å². The Kier molecular flexibility index (Phi) is 2.04. The van der Waals surface area contributed by atoms with Crippen molar-refractivity contribution in [2.24, 2.45) is 0 Å². The van der Waals surface area contributed by atoms with Crippen molar-refractivity contribution in [2.45, 2.75) is 6.92 Å². The van der Waals surface area contributed by atoms with Crippen LogP contribution in [0.3, 0.4) is 0 Å². The van der Waals surface area contributed by atoms with E-state index in [0.717, 1.165) is 0 Å². The molecular formula is C6H8N2O2. The maximum Gasteiger partial charge on any atom is 0.303 e. The number of ether oxygens (including phenoxy) is 1. The average molecular weight is 140 g/mol. The molecule has 10 heavy (non-hydrogen) atoms. The second kappa shape index (κ2) is 3.00. The van der Waals surface area contributed by atoms with Gasteiger partial charge in [-0.2, -0.15) is 0 Å². The molecule has 0 aliphatic heterocycles. The number of hydrogen-bond acceptors (Lipinski definition) is 3. The third-order valence-corrected chi connectivity index (χ3v) is 1.02. The lowest BCUT2D eigenvalue weighted by Gasteiger charge is -1.98. The van der Waals surface area contributed by atoms with Gasteiger partial charge in [0.1, 0.15) is 0 Å². The van der Waals surface area contributed by atoms with Crippen LogP contribution in [0.2, 0.25) is 0 Å². The van der Waals surface area contributed by atoms with Crippen LogP contribution in [0.1, 0.15) is 6.92 Å². The minimum absolute atomic E-state index is 0.345. The Balaban J connectivity index is 2.79. The third-order valence-electron chi connectivity index (χ3n) is 1.02. The molecule has 4 heteroatoms. The van der Waals surface area contributed by atoms with Crippen LogP contribution in [-0.2, 0) is 4.79 Å². The van der Waals surface area contributed by atoms with Crippen molar-refractivity contribution in [3.05, 3.63) is 12.4 Å². The fraction of sp³-hybridized carbons (Fsp3) is 0.333. The zero-order chi connectivity index (χ0) is 7.40. The SMILES string of the molecule is CCOc1nccn1C=O. The van der Waals surface area contributed by atoms with E-state index in [1.807, 2.05) is 6.92 Å². The summed E-state index contributed by atoms with van der Waals surface area (Å²) in [4.78, 5) is 14.0. The number of nitrogens with zero attached hydrogens (tertiary/aromatic N) is 2. The van der Waals surface area contributed by atoms with Gasteiger partial charge in [-0.15, -0.1) is 0 Å². The van der Waals surface area contributed by atoms with Gasteiger partial charge in [-0.1, -0.05) is 0 Å². The van der Waals surface area contributed by atoms with Gasteiger partial charge in [0.05, 0.1) is 6.61 Å². The molecule has 0 aliphatic carbocycles. The summed E-state index contributed by atoms with van der Waals surface area (Å²) in [6.07, 6.45) is 3.70. The van der Waals surface area contributed by atoms with E-state index < -0.39 is 0 Å². The molecule has 0 aromatic carbocycles. The highest BCUT2D eigenvalue weighted by Gasteiger charge is 1.98. The lowest BCUT2D eigenvalue weighted by molar-refractivity contribution is 0.309. The molecule has 0 unspecified atom stereocenters. The van der Waals surface area contributed by atoms with Gasteiger partial charge < -0.3 is 4.74 Å². The molecule has 0 saturated heterocycles. The minimum Gasteiger partial charge on any atom is -0.465 e. The van der Waals surface area contributed by atoms with Gasteiger partial charge in [-0.05, 0) is 6.92 Å². The highest BCUT2D eigenvalue weighted by Crippen LogP contribution is 2.02. The maximum atomic E-state index is 10.2. The molecule has 1 rings (SSSR count). The number of carbonyl (C=O) groups is 1. The van der Waals surface area contributed by atoms with E-state index in [2.05, 4.69) is 4.98 Å². The summed E-state index contributed by atoms with van der Waals surface area (Å²) < 4.78 is 6.27. The maximum absolute atomic E-state index is 10.2. The lowest BCUT2D eigenvalue weighted by Crippen LogP contribution is -2.01. The van der Waals surface area contributed by atoms with Crippen molar-refractivity contribution in [2.75, 3.05) is 6.61 Å². The van der Waals surface area contributed by atoms with E-state index in [4.69, 9.17) is 4.74 Å². The van der Waals surface area contributed by atoms with E-state index in [9.17, 15) is 4.79 Å². The first-order chi connectivity index (χ1) is 4.88. The molecule has 1 aromatic heterocycles. The Morgan fingerprint density at radius 2 is 2.70 bits per heavy atom. The second-order valence-corrected chi connectivity index (χ2v) is 1.66. The number of carbonyl (C=O) groups excluding carboxylic acids is 1. The molecule has 0 spiro atoms. The fourth-order valence-corrected chi connectivity index (χ4v) is 0.620. The zero-order valence-electron chi connectivity index (χ0n) is 5.65. The summed E-state index contributed by atoms with van der Waals surface area (Å²) in [6, 6.07) is 0.345. The first-order valence-corrected chi connectivity index (χ1v) is 2.99. The largest absolute Gasteiger partial charge is 0.465 e. The number of rotatable bonds is 3. The van der Waals surface area contributed by atoms with E-state index in [0.29, 0.717) is 19.0 Å². The molecule has 1 heterocycles.